The summed E-state index contributed by atoms with van der Waals surface area (Å²) in [5.41, 5.74) is 2.86. The smallest absolute Gasteiger partial charge is 0.321 e. The van der Waals surface area contributed by atoms with Crippen molar-refractivity contribution in [3.8, 4) is 11.5 Å². The predicted octanol–water partition coefficient (Wildman–Crippen LogP) is 3.73. The molecule has 0 aliphatic heterocycles. The van der Waals surface area contributed by atoms with Crippen LogP contribution < -0.4 is 14.8 Å². The number of rotatable bonds is 8. The molecule has 1 heterocycles. The summed E-state index contributed by atoms with van der Waals surface area (Å²) in [5.74, 6) is 0.307. The Hall–Kier alpha value is -2.51. The van der Waals surface area contributed by atoms with Crippen LogP contribution in [-0.4, -0.2) is 36.3 Å². The predicted molar refractivity (Wildman–Crippen MR) is 108 cm³/mol. The molecule has 1 aromatic heterocycles. The van der Waals surface area contributed by atoms with Gasteiger partial charge in [0.2, 0.25) is 0 Å². The molecule has 0 unspecified atom stereocenters. The zero-order valence-electron chi connectivity index (χ0n) is 15.1. The number of carboxylic acids is 1. The maximum atomic E-state index is 11.7. The normalized spacial score (nSPS) is 12.1. The van der Waals surface area contributed by atoms with Gasteiger partial charge in [0.15, 0.2) is 11.5 Å². The third kappa shape index (κ3) is 4.26. The first-order valence-electron chi connectivity index (χ1n) is 8.45. The fourth-order valence-electron chi connectivity index (χ4n) is 3.08. The number of carboxylic acid groups (broad SMARTS) is 1. The Balaban J connectivity index is 1.76. The van der Waals surface area contributed by atoms with Crippen LogP contribution in [0.1, 0.15) is 11.1 Å². The van der Waals surface area contributed by atoms with Crippen molar-refractivity contribution in [3.63, 3.8) is 0 Å². The monoisotopic (exact) mass is 432 g/mol. The van der Waals surface area contributed by atoms with Gasteiger partial charge >= 0.3 is 5.97 Å². The number of aliphatic carboxylic acids is 1. The van der Waals surface area contributed by atoms with Crippen molar-refractivity contribution < 1.29 is 19.4 Å². The van der Waals surface area contributed by atoms with Gasteiger partial charge in [-0.25, -0.2) is 0 Å². The van der Waals surface area contributed by atoms with Crippen molar-refractivity contribution in [2.75, 3.05) is 14.2 Å². The number of benzene rings is 2. The minimum atomic E-state index is -0.889. The quantitative estimate of drug-likeness (QED) is 0.504. The van der Waals surface area contributed by atoms with E-state index in [1.165, 1.54) is 0 Å². The highest BCUT2D eigenvalue weighted by atomic mass is 79.9. The number of nitrogens with one attached hydrogen (secondary N) is 2. The summed E-state index contributed by atoms with van der Waals surface area (Å²) in [5, 5.41) is 13.8. The molecule has 0 spiro atoms. The van der Waals surface area contributed by atoms with Crippen LogP contribution in [0.3, 0.4) is 0 Å². The highest BCUT2D eigenvalue weighted by Gasteiger charge is 2.20. The van der Waals surface area contributed by atoms with E-state index >= 15 is 0 Å². The molecule has 1 atom stereocenters. The van der Waals surface area contributed by atoms with E-state index in [0.29, 0.717) is 24.5 Å². The van der Waals surface area contributed by atoms with Crippen LogP contribution in [0.2, 0.25) is 0 Å². The number of aromatic nitrogens is 1. The fraction of sp³-hybridized carbons (Fsp3) is 0.250. The number of para-hydroxylation sites is 1. The number of ether oxygens (including phenoxy) is 2. The zero-order valence-corrected chi connectivity index (χ0v) is 16.7. The van der Waals surface area contributed by atoms with Crippen LogP contribution in [-0.2, 0) is 17.8 Å². The van der Waals surface area contributed by atoms with Crippen molar-refractivity contribution in [1.29, 1.82) is 0 Å². The molecule has 0 saturated carbocycles. The zero-order chi connectivity index (χ0) is 19.4. The Morgan fingerprint density at radius 1 is 1.26 bits per heavy atom. The van der Waals surface area contributed by atoms with Crippen LogP contribution >= 0.6 is 15.9 Å². The standard InChI is InChI=1S/C20H21BrN2O4/c1-26-18-8-12(7-15(21)19(18)27-2)10-22-17(20(24)25)9-13-11-23-16-6-4-3-5-14(13)16/h3-8,11,17,22-23H,9-10H2,1-2H3,(H,24,25)/t17-/m1/s1. The van der Waals surface area contributed by atoms with Crippen LogP contribution in [0.4, 0.5) is 0 Å². The first-order valence-corrected chi connectivity index (χ1v) is 9.24. The summed E-state index contributed by atoms with van der Waals surface area (Å²) in [4.78, 5) is 14.9. The molecule has 3 aromatic rings. The third-order valence-corrected chi connectivity index (χ3v) is 5.03. The molecule has 27 heavy (non-hydrogen) atoms. The maximum Gasteiger partial charge on any atom is 0.321 e. The van der Waals surface area contributed by atoms with Gasteiger partial charge in [0.05, 0.1) is 18.7 Å². The molecule has 7 heteroatoms. The van der Waals surface area contributed by atoms with Gasteiger partial charge in [-0.2, -0.15) is 0 Å². The third-order valence-electron chi connectivity index (χ3n) is 4.44. The van der Waals surface area contributed by atoms with Crippen molar-refractivity contribution in [1.82, 2.24) is 10.3 Å². The number of methoxy groups -OCH3 is 2. The lowest BCUT2D eigenvalue weighted by Gasteiger charge is -2.16. The van der Waals surface area contributed by atoms with Gasteiger partial charge in [0.1, 0.15) is 6.04 Å². The van der Waals surface area contributed by atoms with E-state index in [0.717, 1.165) is 26.5 Å². The van der Waals surface area contributed by atoms with Crippen molar-refractivity contribution in [3.05, 3.63) is 58.2 Å². The van der Waals surface area contributed by atoms with Gasteiger partial charge in [-0.05, 0) is 45.3 Å². The van der Waals surface area contributed by atoms with E-state index in [1.807, 2.05) is 42.6 Å². The number of hydrogen-bond acceptors (Lipinski definition) is 4. The fourth-order valence-corrected chi connectivity index (χ4v) is 3.73. The molecule has 0 radical (unpaired) electrons. The molecule has 6 nitrogen and oxygen atoms in total. The topological polar surface area (TPSA) is 83.6 Å². The largest absolute Gasteiger partial charge is 0.493 e. The number of aromatic amines is 1. The summed E-state index contributed by atoms with van der Waals surface area (Å²) in [6.45, 7) is 0.387. The van der Waals surface area contributed by atoms with E-state index < -0.39 is 12.0 Å². The molecule has 3 rings (SSSR count). The molecule has 0 bridgehead atoms. The maximum absolute atomic E-state index is 11.7. The average molecular weight is 433 g/mol. The van der Waals surface area contributed by atoms with Gasteiger partial charge in [-0.3, -0.25) is 4.79 Å². The highest BCUT2D eigenvalue weighted by molar-refractivity contribution is 9.10. The van der Waals surface area contributed by atoms with Crippen molar-refractivity contribution >= 4 is 32.8 Å². The molecule has 0 aliphatic carbocycles. The van der Waals surface area contributed by atoms with Gasteiger partial charge in [-0.15, -0.1) is 0 Å². The second-order valence-corrected chi connectivity index (χ2v) is 7.00. The molecule has 142 valence electrons. The van der Waals surface area contributed by atoms with Gasteiger partial charge in [0, 0.05) is 30.1 Å². The Kier molecular flexibility index (Phi) is 6.03. The second kappa shape index (κ2) is 8.45. The van der Waals surface area contributed by atoms with Crippen LogP contribution in [0.15, 0.2) is 47.1 Å². The van der Waals surface area contributed by atoms with E-state index in [-0.39, 0.29) is 0 Å². The summed E-state index contributed by atoms with van der Waals surface area (Å²) in [6, 6.07) is 10.9. The van der Waals surface area contributed by atoms with Gasteiger partial charge < -0.3 is 24.9 Å². The molecular weight excluding hydrogens is 412 g/mol. The van der Waals surface area contributed by atoms with Crippen LogP contribution in [0, 0.1) is 0 Å². The summed E-state index contributed by atoms with van der Waals surface area (Å²) in [7, 11) is 3.14. The highest BCUT2D eigenvalue weighted by Crippen LogP contribution is 2.36. The number of hydrogen-bond donors (Lipinski definition) is 3. The lowest BCUT2D eigenvalue weighted by Crippen LogP contribution is -2.38. The Bertz CT molecular complexity index is 954. The number of carbonyl (C=O) groups is 1. The average Bonchev–Trinajstić information content (AvgIpc) is 3.07. The SMILES string of the molecule is COc1cc(CN[C@H](Cc2c[nH]c3ccccc23)C(=O)O)cc(Br)c1OC. The Labute approximate surface area is 165 Å². The number of halogens is 1. The Morgan fingerprint density at radius 3 is 2.74 bits per heavy atom. The number of fused-ring (bicyclic) bond motifs is 1. The minimum Gasteiger partial charge on any atom is -0.493 e. The van der Waals surface area contributed by atoms with E-state index in [9.17, 15) is 9.90 Å². The Morgan fingerprint density at radius 2 is 2.04 bits per heavy atom. The van der Waals surface area contributed by atoms with Gasteiger partial charge in [-0.1, -0.05) is 18.2 Å². The van der Waals surface area contributed by atoms with E-state index in [4.69, 9.17) is 9.47 Å². The van der Waals surface area contributed by atoms with Crippen molar-refractivity contribution in [2.45, 2.75) is 19.0 Å². The molecule has 3 N–H and O–H groups in total. The first-order chi connectivity index (χ1) is 13.0. The van der Waals surface area contributed by atoms with Crippen LogP contribution in [0.5, 0.6) is 11.5 Å². The summed E-state index contributed by atoms with van der Waals surface area (Å²) >= 11 is 3.46. The van der Waals surface area contributed by atoms with Crippen molar-refractivity contribution in [2.24, 2.45) is 0 Å². The molecule has 0 amide bonds. The first kappa shape index (κ1) is 19.3. The molecular formula is C20H21BrN2O4. The van der Waals surface area contributed by atoms with Gasteiger partial charge in [0.25, 0.3) is 0 Å². The summed E-state index contributed by atoms with van der Waals surface area (Å²) < 4.78 is 11.4. The molecule has 0 aliphatic rings. The lowest BCUT2D eigenvalue weighted by molar-refractivity contribution is -0.139. The van der Waals surface area contributed by atoms with E-state index in [1.54, 1.807) is 14.2 Å². The number of H-pyrrole nitrogens is 1. The lowest BCUT2D eigenvalue weighted by atomic mass is 10.0. The molecule has 0 saturated heterocycles. The van der Waals surface area contributed by atoms with Crippen LogP contribution in [0.25, 0.3) is 10.9 Å². The minimum absolute atomic E-state index is 0.383. The molecule has 0 fully saturated rings. The molecule has 2 aromatic carbocycles. The summed E-state index contributed by atoms with van der Waals surface area (Å²) in [6.07, 6.45) is 2.25. The second-order valence-electron chi connectivity index (χ2n) is 6.15. The van der Waals surface area contributed by atoms with E-state index in [2.05, 4.69) is 26.2 Å².